The van der Waals surface area contributed by atoms with Gasteiger partial charge in [-0.2, -0.15) is 0 Å². The van der Waals surface area contributed by atoms with Crippen LogP contribution in [-0.2, 0) is 4.74 Å². The van der Waals surface area contributed by atoms with Gasteiger partial charge >= 0.3 is 0 Å². The lowest BCUT2D eigenvalue weighted by molar-refractivity contribution is 0.361. The number of ether oxygens (including phenoxy) is 1. The van der Waals surface area contributed by atoms with Crippen LogP contribution in [0.25, 0.3) is 0 Å². The summed E-state index contributed by atoms with van der Waals surface area (Å²) >= 11 is 0. The second-order valence-corrected chi connectivity index (χ2v) is 4.48. The largest absolute Gasteiger partial charge is 0.368 e. The first-order chi connectivity index (χ1) is 6.45. The van der Waals surface area contributed by atoms with E-state index in [-0.39, 0.29) is 0 Å². The third-order valence-corrected chi connectivity index (χ3v) is 3.94. The molecule has 0 N–H and O–H groups in total. The van der Waals surface area contributed by atoms with Gasteiger partial charge in [0.2, 0.25) is 0 Å². The summed E-state index contributed by atoms with van der Waals surface area (Å²) in [6.45, 7) is 0. The van der Waals surface area contributed by atoms with E-state index in [1.807, 2.05) is 0 Å². The van der Waals surface area contributed by atoms with Crippen molar-refractivity contribution in [2.75, 3.05) is 0 Å². The van der Waals surface area contributed by atoms with Crippen LogP contribution in [0, 0.1) is 0 Å². The zero-order chi connectivity index (χ0) is 8.41. The Morgan fingerprint density at radius 3 is 2.00 bits per heavy atom. The van der Waals surface area contributed by atoms with Crippen molar-refractivity contribution in [1.29, 1.82) is 0 Å². The molecule has 0 unspecified atom stereocenters. The highest BCUT2D eigenvalue weighted by Crippen LogP contribution is 2.58. The molecule has 1 saturated heterocycles. The SMILES string of the molecule is c1ccc2c(c1)[C@H]1CC[C@@H]2[C@@H]2O[C@@H]21. The minimum atomic E-state index is 0.591. The van der Waals surface area contributed by atoms with Crippen LogP contribution in [0.15, 0.2) is 24.3 Å². The molecule has 1 heterocycles. The Hall–Kier alpha value is -0.820. The summed E-state index contributed by atoms with van der Waals surface area (Å²) in [5, 5.41) is 0. The summed E-state index contributed by atoms with van der Waals surface area (Å²) < 4.78 is 5.75. The first-order valence-corrected chi connectivity index (χ1v) is 5.19. The molecule has 1 aromatic carbocycles. The van der Waals surface area contributed by atoms with Crippen molar-refractivity contribution in [3.63, 3.8) is 0 Å². The number of rotatable bonds is 0. The molecule has 1 aliphatic heterocycles. The maximum absolute atomic E-state index is 5.75. The van der Waals surface area contributed by atoms with Gasteiger partial charge < -0.3 is 4.74 Å². The molecule has 0 radical (unpaired) electrons. The average molecular weight is 172 g/mol. The Morgan fingerprint density at radius 1 is 0.923 bits per heavy atom. The minimum absolute atomic E-state index is 0.591. The van der Waals surface area contributed by atoms with E-state index >= 15 is 0 Å². The van der Waals surface area contributed by atoms with Crippen molar-refractivity contribution < 1.29 is 4.74 Å². The Kier molecular flexibility index (Phi) is 1.01. The second kappa shape index (κ2) is 1.98. The molecular formula is C12H12O. The molecule has 1 aromatic rings. The molecule has 1 heteroatoms. The van der Waals surface area contributed by atoms with Crippen molar-refractivity contribution >= 4 is 0 Å². The summed E-state index contributed by atoms with van der Waals surface area (Å²) in [6, 6.07) is 8.92. The number of hydrogen-bond acceptors (Lipinski definition) is 1. The van der Waals surface area contributed by atoms with Crippen LogP contribution in [0.5, 0.6) is 0 Å². The minimum Gasteiger partial charge on any atom is -0.368 e. The lowest BCUT2D eigenvalue weighted by Gasteiger charge is -2.34. The quantitative estimate of drug-likeness (QED) is 0.547. The fraction of sp³-hybridized carbons (Fsp3) is 0.500. The van der Waals surface area contributed by atoms with Crippen LogP contribution in [0.3, 0.4) is 0 Å². The van der Waals surface area contributed by atoms with Gasteiger partial charge in [-0.05, 0) is 24.0 Å². The Bertz CT molecular complexity index is 336. The van der Waals surface area contributed by atoms with E-state index < -0.39 is 0 Å². The molecule has 5 rings (SSSR count). The van der Waals surface area contributed by atoms with Crippen molar-refractivity contribution in [2.24, 2.45) is 0 Å². The van der Waals surface area contributed by atoms with Gasteiger partial charge in [0, 0.05) is 11.8 Å². The molecule has 4 atom stereocenters. The normalized spacial score (nSPS) is 44.0. The highest BCUT2D eigenvalue weighted by atomic mass is 16.6. The highest BCUT2D eigenvalue weighted by Gasteiger charge is 2.57. The maximum atomic E-state index is 5.75. The molecule has 1 saturated carbocycles. The molecule has 13 heavy (non-hydrogen) atoms. The van der Waals surface area contributed by atoms with Crippen molar-refractivity contribution in [1.82, 2.24) is 0 Å². The van der Waals surface area contributed by atoms with Crippen LogP contribution < -0.4 is 0 Å². The molecule has 66 valence electrons. The average Bonchev–Trinajstić information content (AvgIpc) is 2.98. The summed E-state index contributed by atoms with van der Waals surface area (Å²) in [7, 11) is 0. The number of epoxide rings is 1. The van der Waals surface area contributed by atoms with Gasteiger partial charge in [0.05, 0.1) is 12.2 Å². The third-order valence-electron chi connectivity index (χ3n) is 3.94. The summed E-state index contributed by atoms with van der Waals surface area (Å²) in [6.07, 6.45) is 3.88. The van der Waals surface area contributed by atoms with Crippen LogP contribution in [0.2, 0.25) is 0 Å². The highest BCUT2D eigenvalue weighted by molar-refractivity contribution is 5.43. The van der Waals surface area contributed by atoms with Crippen LogP contribution in [0.1, 0.15) is 35.8 Å². The zero-order valence-electron chi connectivity index (χ0n) is 7.44. The smallest absolute Gasteiger partial charge is 0.0916 e. The van der Waals surface area contributed by atoms with E-state index in [1.165, 1.54) is 12.8 Å². The lowest BCUT2D eigenvalue weighted by atomic mass is 9.67. The number of benzene rings is 1. The first-order valence-electron chi connectivity index (χ1n) is 5.19. The monoisotopic (exact) mass is 172 g/mol. The van der Waals surface area contributed by atoms with Gasteiger partial charge in [-0.25, -0.2) is 0 Å². The van der Waals surface area contributed by atoms with E-state index in [9.17, 15) is 0 Å². The standard InChI is InChI=1S/C12H12O/c1-2-4-8-7(3-1)9-5-6-10(8)12-11(9)13-12/h1-4,9-12H,5-6H2/t9-,10+,11-,12+. The molecule has 1 nitrogen and oxygen atoms in total. The first kappa shape index (κ1) is 6.61. The summed E-state index contributed by atoms with van der Waals surface area (Å²) in [5.74, 6) is 1.46. The molecular weight excluding hydrogens is 160 g/mol. The summed E-state index contributed by atoms with van der Waals surface area (Å²) in [4.78, 5) is 0. The fourth-order valence-corrected chi connectivity index (χ4v) is 3.32. The van der Waals surface area contributed by atoms with Gasteiger partial charge in [-0.15, -0.1) is 0 Å². The molecule has 2 fully saturated rings. The number of hydrogen-bond donors (Lipinski definition) is 0. The molecule has 4 aliphatic rings. The third kappa shape index (κ3) is 0.682. The van der Waals surface area contributed by atoms with Gasteiger partial charge in [-0.3, -0.25) is 0 Å². The predicted octanol–water partition coefficient (Wildman–Crippen LogP) is 2.43. The lowest BCUT2D eigenvalue weighted by Crippen LogP contribution is -2.29. The number of fused-ring (bicyclic) bond motifs is 1. The van der Waals surface area contributed by atoms with Crippen LogP contribution >= 0.6 is 0 Å². The van der Waals surface area contributed by atoms with Crippen LogP contribution in [-0.4, -0.2) is 12.2 Å². The molecule has 3 aliphatic carbocycles. The Morgan fingerprint density at radius 2 is 1.46 bits per heavy atom. The maximum Gasteiger partial charge on any atom is 0.0916 e. The molecule has 0 spiro atoms. The molecule has 0 aromatic heterocycles. The van der Waals surface area contributed by atoms with Gasteiger partial charge in [-0.1, -0.05) is 24.3 Å². The van der Waals surface area contributed by atoms with Crippen molar-refractivity contribution in [3.05, 3.63) is 35.4 Å². The predicted molar refractivity (Wildman–Crippen MR) is 49.8 cm³/mol. The second-order valence-electron chi connectivity index (χ2n) is 4.48. The van der Waals surface area contributed by atoms with Gasteiger partial charge in [0.25, 0.3) is 0 Å². The van der Waals surface area contributed by atoms with E-state index in [4.69, 9.17) is 4.74 Å². The fourth-order valence-electron chi connectivity index (χ4n) is 3.32. The topological polar surface area (TPSA) is 12.5 Å². The molecule has 2 bridgehead atoms. The van der Waals surface area contributed by atoms with Crippen molar-refractivity contribution in [3.8, 4) is 0 Å². The van der Waals surface area contributed by atoms with Gasteiger partial charge in [0.15, 0.2) is 0 Å². The van der Waals surface area contributed by atoms with E-state index in [1.54, 1.807) is 11.1 Å². The Labute approximate surface area is 77.7 Å². The Balaban J connectivity index is 1.98. The molecule has 0 amide bonds. The van der Waals surface area contributed by atoms with E-state index in [0.717, 1.165) is 11.8 Å². The zero-order valence-corrected chi connectivity index (χ0v) is 7.44. The van der Waals surface area contributed by atoms with E-state index in [0.29, 0.717) is 12.2 Å². The van der Waals surface area contributed by atoms with Gasteiger partial charge in [0.1, 0.15) is 0 Å². The van der Waals surface area contributed by atoms with E-state index in [2.05, 4.69) is 24.3 Å². The van der Waals surface area contributed by atoms with Crippen LogP contribution in [0.4, 0.5) is 0 Å². The summed E-state index contributed by atoms with van der Waals surface area (Å²) in [5.41, 5.74) is 3.16. The van der Waals surface area contributed by atoms with Crippen molar-refractivity contribution in [2.45, 2.75) is 36.9 Å².